The number of hydrogen-bond acceptors (Lipinski definition) is 7. The van der Waals surface area contributed by atoms with Crippen molar-refractivity contribution in [1.29, 1.82) is 0 Å². The molecule has 1 aliphatic heterocycles. The van der Waals surface area contributed by atoms with Crippen molar-refractivity contribution in [2.45, 2.75) is 19.6 Å². The Morgan fingerprint density at radius 2 is 1.68 bits per heavy atom. The smallest absolute Gasteiger partial charge is 0.350 e. The Hall–Kier alpha value is -2.83. The molecular formula is C15H15NO6. The molecule has 0 bridgehead atoms. The molecule has 7 heteroatoms. The molecule has 0 amide bonds. The van der Waals surface area contributed by atoms with Gasteiger partial charge < -0.3 is 19.5 Å². The number of carbonyl (C=O) groups excluding carboxylic acids is 3. The van der Waals surface area contributed by atoms with Gasteiger partial charge in [-0.05, 0) is 24.3 Å². The van der Waals surface area contributed by atoms with Gasteiger partial charge in [-0.15, -0.1) is 0 Å². The number of anilines is 1. The van der Waals surface area contributed by atoms with Crippen LogP contribution in [0.15, 0.2) is 36.0 Å². The van der Waals surface area contributed by atoms with E-state index in [4.69, 9.17) is 9.47 Å². The summed E-state index contributed by atoms with van der Waals surface area (Å²) >= 11 is 0. The summed E-state index contributed by atoms with van der Waals surface area (Å²) in [6, 6.07) is 6.31. The van der Waals surface area contributed by atoms with Gasteiger partial charge in [0.15, 0.2) is 5.57 Å². The van der Waals surface area contributed by atoms with Crippen LogP contribution in [0.25, 0.3) is 0 Å². The van der Waals surface area contributed by atoms with E-state index in [-0.39, 0.29) is 5.57 Å². The van der Waals surface area contributed by atoms with E-state index < -0.39 is 23.7 Å². The van der Waals surface area contributed by atoms with Gasteiger partial charge in [0.05, 0.1) is 12.7 Å². The van der Waals surface area contributed by atoms with Crippen LogP contribution >= 0.6 is 0 Å². The van der Waals surface area contributed by atoms with E-state index in [2.05, 4.69) is 10.1 Å². The predicted octanol–water partition coefficient (Wildman–Crippen LogP) is 1.61. The summed E-state index contributed by atoms with van der Waals surface area (Å²) in [6.45, 7) is 2.94. The number of nitrogens with one attached hydrogen (secondary N) is 1. The van der Waals surface area contributed by atoms with Crippen LogP contribution in [0.5, 0.6) is 0 Å². The maximum absolute atomic E-state index is 11.7. The molecule has 2 rings (SSSR count). The highest BCUT2D eigenvalue weighted by atomic mass is 16.7. The molecule has 1 fully saturated rings. The Balaban J connectivity index is 2.10. The zero-order valence-corrected chi connectivity index (χ0v) is 12.3. The van der Waals surface area contributed by atoms with Gasteiger partial charge in [-0.3, -0.25) is 0 Å². The van der Waals surface area contributed by atoms with Gasteiger partial charge in [0, 0.05) is 25.7 Å². The van der Waals surface area contributed by atoms with Crippen molar-refractivity contribution in [3.8, 4) is 0 Å². The molecule has 0 atom stereocenters. The van der Waals surface area contributed by atoms with E-state index in [1.165, 1.54) is 27.2 Å². The lowest BCUT2D eigenvalue weighted by atomic mass is 10.2. The highest BCUT2D eigenvalue weighted by Crippen LogP contribution is 2.22. The van der Waals surface area contributed by atoms with Crippen molar-refractivity contribution in [3.63, 3.8) is 0 Å². The van der Waals surface area contributed by atoms with Crippen LogP contribution in [0.4, 0.5) is 5.69 Å². The van der Waals surface area contributed by atoms with Crippen LogP contribution in [-0.4, -0.2) is 30.8 Å². The summed E-state index contributed by atoms with van der Waals surface area (Å²) in [7, 11) is 1.29. The van der Waals surface area contributed by atoms with E-state index in [1.54, 1.807) is 24.3 Å². The lowest BCUT2D eigenvalue weighted by Gasteiger charge is -2.29. The number of carbonyl (C=O) groups is 3. The van der Waals surface area contributed by atoms with E-state index in [0.29, 0.717) is 11.3 Å². The van der Waals surface area contributed by atoms with Crippen molar-refractivity contribution < 1.29 is 28.6 Å². The number of rotatable bonds is 3. The van der Waals surface area contributed by atoms with Crippen LogP contribution in [0.1, 0.15) is 24.2 Å². The van der Waals surface area contributed by atoms with E-state index in [1.807, 2.05) is 0 Å². The van der Waals surface area contributed by atoms with Gasteiger partial charge in [-0.25, -0.2) is 14.4 Å². The summed E-state index contributed by atoms with van der Waals surface area (Å²) in [6.07, 6.45) is 1.20. The number of ether oxygens (including phenoxy) is 3. The van der Waals surface area contributed by atoms with E-state index in [9.17, 15) is 14.4 Å². The summed E-state index contributed by atoms with van der Waals surface area (Å²) in [5, 5.41) is 2.77. The molecule has 0 unspecified atom stereocenters. The Morgan fingerprint density at radius 1 is 1.14 bits per heavy atom. The normalized spacial score (nSPS) is 16.4. The second kappa shape index (κ2) is 5.88. The van der Waals surface area contributed by atoms with Crippen LogP contribution in [-0.2, 0) is 23.8 Å². The average molecular weight is 305 g/mol. The van der Waals surface area contributed by atoms with Gasteiger partial charge in [-0.2, -0.15) is 0 Å². The van der Waals surface area contributed by atoms with Crippen LogP contribution in [0.2, 0.25) is 0 Å². The number of cyclic esters (lactones) is 2. The first-order valence-corrected chi connectivity index (χ1v) is 6.44. The highest BCUT2D eigenvalue weighted by Gasteiger charge is 2.38. The Morgan fingerprint density at radius 3 is 2.18 bits per heavy atom. The lowest BCUT2D eigenvalue weighted by Crippen LogP contribution is -2.42. The van der Waals surface area contributed by atoms with Gasteiger partial charge in [0.1, 0.15) is 0 Å². The number of esters is 3. The molecule has 1 aromatic rings. The van der Waals surface area contributed by atoms with Crippen LogP contribution in [0.3, 0.4) is 0 Å². The molecule has 0 spiro atoms. The zero-order chi connectivity index (χ0) is 16.3. The molecule has 116 valence electrons. The molecular weight excluding hydrogens is 290 g/mol. The molecule has 1 saturated heterocycles. The topological polar surface area (TPSA) is 90.9 Å². The molecule has 7 nitrogen and oxygen atoms in total. The third kappa shape index (κ3) is 3.43. The van der Waals surface area contributed by atoms with E-state index >= 15 is 0 Å². The average Bonchev–Trinajstić information content (AvgIpc) is 2.45. The second-order valence-electron chi connectivity index (χ2n) is 4.95. The monoisotopic (exact) mass is 305 g/mol. The van der Waals surface area contributed by atoms with Crippen molar-refractivity contribution >= 4 is 23.6 Å². The van der Waals surface area contributed by atoms with Gasteiger partial charge in [-0.1, -0.05) is 0 Å². The van der Waals surface area contributed by atoms with Crippen molar-refractivity contribution in [2.24, 2.45) is 0 Å². The Kier molecular flexibility index (Phi) is 4.16. The molecule has 1 aromatic carbocycles. The van der Waals surface area contributed by atoms with E-state index in [0.717, 1.165) is 0 Å². The number of hydrogen-bond donors (Lipinski definition) is 1. The molecule has 0 aliphatic carbocycles. The highest BCUT2D eigenvalue weighted by molar-refractivity contribution is 6.15. The molecule has 1 aliphatic rings. The molecule has 0 radical (unpaired) electrons. The maximum atomic E-state index is 11.7. The first-order valence-electron chi connectivity index (χ1n) is 6.44. The third-order valence-electron chi connectivity index (χ3n) is 2.81. The summed E-state index contributed by atoms with van der Waals surface area (Å²) < 4.78 is 14.5. The molecule has 1 N–H and O–H groups in total. The van der Waals surface area contributed by atoms with Crippen molar-refractivity contribution in [3.05, 3.63) is 41.6 Å². The van der Waals surface area contributed by atoms with Crippen LogP contribution in [0, 0.1) is 0 Å². The number of benzene rings is 1. The fourth-order valence-corrected chi connectivity index (χ4v) is 1.75. The fraction of sp³-hybridized carbons (Fsp3) is 0.267. The van der Waals surface area contributed by atoms with Crippen LogP contribution < -0.4 is 5.32 Å². The molecule has 22 heavy (non-hydrogen) atoms. The predicted molar refractivity (Wildman–Crippen MR) is 75.8 cm³/mol. The largest absolute Gasteiger partial charge is 0.465 e. The van der Waals surface area contributed by atoms with Gasteiger partial charge >= 0.3 is 17.9 Å². The lowest BCUT2D eigenvalue weighted by molar-refractivity contribution is -0.222. The Bertz CT molecular complexity index is 623. The maximum Gasteiger partial charge on any atom is 0.350 e. The summed E-state index contributed by atoms with van der Waals surface area (Å²) in [5.74, 6) is -3.25. The third-order valence-corrected chi connectivity index (χ3v) is 2.81. The first kappa shape index (κ1) is 15.6. The van der Waals surface area contributed by atoms with Gasteiger partial charge in [0.25, 0.3) is 5.79 Å². The minimum absolute atomic E-state index is 0.239. The Labute approximate surface area is 126 Å². The van der Waals surface area contributed by atoms with Crippen molar-refractivity contribution in [2.75, 3.05) is 12.4 Å². The minimum atomic E-state index is -1.27. The fourth-order valence-electron chi connectivity index (χ4n) is 1.75. The standard InChI is InChI=1S/C15H15NO6/c1-15(2)21-13(18)11(14(19)22-15)8-16-10-6-4-9(5-7-10)12(17)20-3/h4-8,16H,1-3H3. The molecule has 0 aromatic heterocycles. The second-order valence-corrected chi connectivity index (χ2v) is 4.95. The molecule has 1 heterocycles. The SMILES string of the molecule is COC(=O)c1ccc(NC=C2C(=O)OC(C)(C)OC2=O)cc1. The number of methoxy groups -OCH3 is 1. The first-order chi connectivity index (χ1) is 10.3. The summed E-state index contributed by atoms with van der Waals surface area (Å²) in [4.78, 5) is 34.8. The summed E-state index contributed by atoms with van der Waals surface area (Å²) in [5.41, 5.74) is 0.723. The van der Waals surface area contributed by atoms with Crippen molar-refractivity contribution in [1.82, 2.24) is 0 Å². The quantitative estimate of drug-likeness (QED) is 0.515. The molecule has 0 saturated carbocycles. The zero-order valence-electron chi connectivity index (χ0n) is 12.3. The van der Waals surface area contributed by atoms with Gasteiger partial charge in [0.2, 0.25) is 0 Å². The minimum Gasteiger partial charge on any atom is -0.465 e.